The van der Waals surface area contributed by atoms with Crippen molar-refractivity contribution in [1.29, 1.82) is 0 Å². The number of aryl methyl sites for hydroxylation is 1. The van der Waals surface area contributed by atoms with Gasteiger partial charge in [0.15, 0.2) is 5.60 Å². The molecule has 1 amide bonds. The summed E-state index contributed by atoms with van der Waals surface area (Å²) in [6.45, 7) is 2.74. The van der Waals surface area contributed by atoms with Gasteiger partial charge in [-0.1, -0.05) is 0 Å². The number of nitrogens with zero attached hydrogens (tertiary/aromatic N) is 1. The molecule has 1 unspecified atom stereocenters. The summed E-state index contributed by atoms with van der Waals surface area (Å²) in [7, 11) is 0. The SMILES string of the molecule is Cc1nc(CSc2ccc(C(=O)NCC(C)(O)C(=O)O)cc2)cs1. The summed E-state index contributed by atoms with van der Waals surface area (Å²) in [6, 6.07) is 6.99. The van der Waals surface area contributed by atoms with Crippen molar-refractivity contribution in [3.63, 3.8) is 0 Å². The van der Waals surface area contributed by atoms with E-state index < -0.39 is 17.5 Å². The van der Waals surface area contributed by atoms with Crippen LogP contribution in [0.2, 0.25) is 0 Å². The van der Waals surface area contributed by atoms with Crippen molar-refractivity contribution in [2.45, 2.75) is 30.1 Å². The van der Waals surface area contributed by atoms with Gasteiger partial charge in [0.2, 0.25) is 0 Å². The van der Waals surface area contributed by atoms with E-state index in [4.69, 9.17) is 5.11 Å². The molecule has 0 aliphatic heterocycles. The molecule has 8 heteroatoms. The molecule has 0 radical (unpaired) electrons. The molecule has 0 aliphatic rings. The van der Waals surface area contributed by atoms with Gasteiger partial charge in [-0.05, 0) is 38.1 Å². The lowest BCUT2D eigenvalue weighted by atomic mass is 10.1. The van der Waals surface area contributed by atoms with E-state index in [1.165, 1.54) is 0 Å². The molecule has 24 heavy (non-hydrogen) atoms. The smallest absolute Gasteiger partial charge is 0.337 e. The number of amides is 1. The second-order valence-electron chi connectivity index (χ2n) is 5.43. The van der Waals surface area contributed by atoms with E-state index in [2.05, 4.69) is 10.3 Å². The fourth-order valence-corrected chi connectivity index (χ4v) is 3.27. The quantitative estimate of drug-likeness (QED) is 0.650. The lowest BCUT2D eigenvalue weighted by Gasteiger charge is -2.18. The van der Waals surface area contributed by atoms with Gasteiger partial charge in [-0.15, -0.1) is 23.1 Å². The number of aromatic nitrogens is 1. The number of nitrogens with one attached hydrogen (secondary N) is 1. The van der Waals surface area contributed by atoms with Gasteiger partial charge in [0, 0.05) is 21.6 Å². The number of carboxylic acid groups (broad SMARTS) is 1. The Balaban J connectivity index is 1.89. The molecule has 1 atom stereocenters. The normalized spacial score (nSPS) is 13.3. The van der Waals surface area contributed by atoms with Gasteiger partial charge in [-0.3, -0.25) is 4.79 Å². The van der Waals surface area contributed by atoms with Crippen LogP contribution in [0.4, 0.5) is 0 Å². The average Bonchev–Trinajstić information content (AvgIpc) is 2.96. The van der Waals surface area contributed by atoms with E-state index in [-0.39, 0.29) is 6.54 Å². The fraction of sp³-hybridized carbons (Fsp3) is 0.312. The van der Waals surface area contributed by atoms with E-state index >= 15 is 0 Å². The number of carboxylic acids is 1. The summed E-state index contributed by atoms with van der Waals surface area (Å²) in [5.74, 6) is -1.05. The fourth-order valence-electron chi connectivity index (χ4n) is 1.76. The number of rotatable bonds is 7. The van der Waals surface area contributed by atoms with Gasteiger partial charge >= 0.3 is 5.97 Å². The highest BCUT2D eigenvalue weighted by Gasteiger charge is 2.30. The predicted octanol–water partition coefficient (Wildman–Crippen LogP) is 2.31. The minimum Gasteiger partial charge on any atom is -0.479 e. The first-order chi connectivity index (χ1) is 11.3. The van der Waals surface area contributed by atoms with Crippen molar-refractivity contribution in [2.75, 3.05) is 6.54 Å². The molecule has 0 fully saturated rings. The van der Waals surface area contributed by atoms with Gasteiger partial charge in [0.1, 0.15) is 0 Å². The first-order valence-corrected chi connectivity index (χ1v) is 9.02. The molecular formula is C16H18N2O4S2. The molecule has 2 aromatic rings. The van der Waals surface area contributed by atoms with Gasteiger partial charge in [0.25, 0.3) is 5.91 Å². The Labute approximate surface area is 147 Å². The maximum absolute atomic E-state index is 12.0. The summed E-state index contributed by atoms with van der Waals surface area (Å²) in [5, 5.41) is 23.9. The molecule has 0 saturated carbocycles. The van der Waals surface area contributed by atoms with Crippen LogP contribution >= 0.6 is 23.1 Å². The Morgan fingerprint density at radius 1 is 1.33 bits per heavy atom. The topological polar surface area (TPSA) is 99.5 Å². The minimum atomic E-state index is -1.99. The van der Waals surface area contributed by atoms with E-state index in [0.717, 1.165) is 28.3 Å². The number of hydrogen-bond acceptors (Lipinski definition) is 6. The van der Waals surface area contributed by atoms with E-state index in [9.17, 15) is 14.7 Å². The minimum absolute atomic E-state index is 0.360. The van der Waals surface area contributed by atoms with Gasteiger partial charge in [-0.2, -0.15) is 0 Å². The molecule has 0 bridgehead atoms. The van der Waals surface area contributed by atoms with E-state index in [0.29, 0.717) is 5.56 Å². The third-order valence-electron chi connectivity index (χ3n) is 3.22. The van der Waals surface area contributed by atoms with Crippen LogP contribution in [0.25, 0.3) is 0 Å². The van der Waals surface area contributed by atoms with Gasteiger partial charge < -0.3 is 15.5 Å². The lowest BCUT2D eigenvalue weighted by Crippen LogP contribution is -2.46. The van der Waals surface area contributed by atoms with Crippen molar-refractivity contribution < 1.29 is 19.8 Å². The molecule has 6 nitrogen and oxygen atoms in total. The van der Waals surface area contributed by atoms with Gasteiger partial charge in [-0.25, -0.2) is 9.78 Å². The number of aliphatic carboxylic acids is 1. The number of hydrogen-bond donors (Lipinski definition) is 3. The molecule has 0 spiro atoms. The van der Waals surface area contributed by atoms with Crippen molar-refractivity contribution in [3.05, 3.63) is 45.9 Å². The highest BCUT2D eigenvalue weighted by Crippen LogP contribution is 2.23. The highest BCUT2D eigenvalue weighted by molar-refractivity contribution is 7.98. The van der Waals surface area contributed by atoms with E-state index in [1.807, 2.05) is 24.4 Å². The Hall–Kier alpha value is -1.90. The van der Waals surface area contributed by atoms with Crippen LogP contribution < -0.4 is 5.32 Å². The second kappa shape index (κ2) is 7.78. The molecule has 0 saturated heterocycles. The number of aliphatic hydroxyl groups is 1. The number of benzene rings is 1. The highest BCUT2D eigenvalue weighted by atomic mass is 32.2. The second-order valence-corrected chi connectivity index (χ2v) is 7.54. The predicted molar refractivity (Wildman–Crippen MR) is 93.4 cm³/mol. The number of thioether (sulfide) groups is 1. The first-order valence-electron chi connectivity index (χ1n) is 7.16. The van der Waals surface area contributed by atoms with Crippen LogP contribution in [0.15, 0.2) is 34.5 Å². The zero-order valence-corrected chi connectivity index (χ0v) is 14.9. The number of thiazole rings is 1. The van der Waals surface area contributed by atoms with Crippen LogP contribution in [0.1, 0.15) is 28.0 Å². The maximum Gasteiger partial charge on any atom is 0.337 e. The van der Waals surface area contributed by atoms with Crippen LogP contribution in [0, 0.1) is 6.92 Å². The van der Waals surface area contributed by atoms with Crippen LogP contribution in [-0.2, 0) is 10.5 Å². The zero-order valence-electron chi connectivity index (χ0n) is 13.3. The summed E-state index contributed by atoms with van der Waals surface area (Å²) in [6.07, 6.45) is 0. The Kier molecular flexibility index (Phi) is 5.98. The van der Waals surface area contributed by atoms with Crippen molar-refractivity contribution >= 4 is 35.0 Å². The van der Waals surface area contributed by atoms with Crippen molar-refractivity contribution in [1.82, 2.24) is 10.3 Å². The van der Waals surface area contributed by atoms with Crippen LogP contribution in [-0.4, -0.2) is 39.2 Å². The first kappa shape index (κ1) is 18.4. The summed E-state index contributed by atoms with van der Waals surface area (Å²) in [4.78, 5) is 28.2. The van der Waals surface area contributed by atoms with Crippen molar-refractivity contribution in [2.24, 2.45) is 0 Å². The lowest BCUT2D eigenvalue weighted by molar-refractivity contribution is -0.155. The third kappa shape index (κ3) is 5.05. The number of carbonyl (C=O) groups excluding carboxylic acids is 1. The van der Waals surface area contributed by atoms with Gasteiger partial charge in [0.05, 0.1) is 17.2 Å². The molecular weight excluding hydrogens is 348 g/mol. The summed E-state index contributed by atoms with van der Waals surface area (Å²) < 4.78 is 0. The summed E-state index contributed by atoms with van der Waals surface area (Å²) >= 11 is 3.24. The molecule has 1 heterocycles. The average molecular weight is 366 g/mol. The van der Waals surface area contributed by atoms with E-state index in [1.54, 1.807) is 35.2 Å². The molecule has 128 valence electrons. The Bertz CT molecular complexity index is 726. The molecule has 1 aromatic heterocycles. The molecule has 1 aromatic carbocycles. The monoisotopic (exact) mass is 366 g/mol. The third-order valence-corrected chi connectivity index (χ3v) is 5.09. The molecule has 3 N–H and O–H groups in total. The molecule has 0 aliphatic carbocycles. The maximum atomic E-state index is 12.0. The molecule has 2 rings (SSSR count). The van der Waals surface area contributed by atoms with Crippen molar-refractivity contribution in [3.8, 4) is 0 Å². The zero-order chi connectivity index (χ0) is 17.7. The largest absolute Gasteiger partial charge is 0.479 e. The van der Waals surface area contributed by atoms with Crippen LogP contribution in [0.5, 0.6) is 0 Å². The standard InChI is InChI=1S/C16H18N2O4S2/c1-10-18-12(7-23-10)8-24-13-5-3-11(4-6-13)14(19)17-9-16(2,22)15(20)21/h3-7,22H,8-9H2,1-2H3,(H,17,19)(H,20,21). The summed E-state index contributed by atoms with van der Waals surface area (Å²) in [5.41, 5.74) is -0.554. The van der Waals surface area contributed by atoms with Crippen LogP contribution in [0.3, 0.4) is 0 Å². The Morgan fingerprint density at radius 2 is 2.00 bits per heavy atom. The Morgan fingerprint density at radius 3 is 2.54 bits per heavy atom. The number of carbonyl (C=O) groups is 2.